The van der Waals surface area contributed by atoms with Gasteiger partial charge in [0.05, 0.1) is 30.6 Å². The minimum atomic E-state index is -0.0924. The van der Waals surface area contributed by atoms with E-state index in [-0.39, 0.29) is 5.91 Å². The van der Waals surface area contributed by atoms with Crippen molar-refractivity contribution in [3.63, 3.8) is 0 Å². The first-order chi connectivity index (χ1) is 12.2. The van der Waals surface area contributed by atoms with Gasteiger partial charge in [0.2, 0.25) is 0 Å². The van der Waals surface area contributed by atoms with Crippen LogP contribution < -0.4 is 10.1 Å². The zero-order valence-electron chi connectivity index (χ0n) is 14.2. The van der Waals surface area contributed by atoms with E-state index in [1.165, 1.54) is 11.7 Å². The van der Waals surface area contributed by atoms with Gasteiger partial charge in [-0.15, -0.1) is 0 Å². The fourth-order valence-electron chi connectivity index (χ4n) is 2.51. The second-order valence-electron chi connectivity index (χ2n) is 5.82. The molecule has 1 aromatic heterocycles. The third-order valence-corrected chi connectivity index (χ3v) is 4.69. The molecule has 1 amide bonds. The molecule has 2 heterocycles. The van der Waals surface area contributed by atoms with Crippen LogP contribution in [0.3, 0.4) is 0 Å². The largest absolute Gasteiger partial charge is 0.487 e. The number of amides is 1. The van der Waals surface area contributed by atoms with Gasteiger partial charge in [0, 0.05) is 31.7 Å². The molecule has 0 saturated carbocycles. The van der Waals surface area contributed by atoms with Crippen LogP contribution in [0.2, 0.25) is 0 Å². The second kappa shape index (κ2) is 8.89. The molecule has 2 aromatic rings. The van der Waals surface area contributed by atoms with Crippen LogP contribution in [0.1, 0.15) is 21.7 Å². The van der Waals surface area contributed by atoms with Crippen LogP contribution in [0.5, 0.6) is 5.75 Å². The van der Waals surface area contributed by atoms with E-state index in [0.29, 0.717) is 24.5 Å². The molecule has 1 N–H and O–H groups in total. The van der Waals surface area contributed by atoms with Crippen LogP contribution in [0, 0.1) is 6.92 Å². The van der Waals surface area contributed by atoms with Gasteiger partial charge in [-0.25, -0.2) is 0 Å². The van der Waals surface area contributed by atoms with E-state index in [0.717, 1.165) is 44.2 Å². The van der Waals surface area contributed by atoms with Gasteiger partial charge >= 0.3 is 0 Å². The number of ether oxygens (including phenoxy) is 2. The Morgan fingerprint density at radius 2 is 2.20 bits per heavy atom. The summed E-state index contributed by atoms with van der Waals surface area (Å²) in [6.45, 7) is 7.08. The summed E-state index contributed by atoms with van der Waals surface area (Å²) in [7, 11) is 0. The van der Waals surface area contributed by atoms with Crippen molar-refractivity contribution < 1.29 is 14.3 Å². The van der Waals surface area contributed by atoms with Crippen molar-refractivity contribution >= 4 is 17.6 Å². The molecule has 3 rings (SSSR count). The average Bonchev–Trinajstić information content (AvgIpc) is 3.06. The number of benzene rings is 1. The fourth-order valence-corrected chi connectivity index (χ4v) is 3.07. The van der Waals surface area contributed by atoms with Crippen molar-refractivity contribution in [2.45, 2.75) is 13.5 Å². The average molecular weight is 362 g/mol. The van der Waals surface area contributed by atoms with Crippen LogP contribution in [0.4, 0.5) is 0 Å². The summed E-state index contributed by atoms with van der Waals surface area (Å²) in [5.41, 5.74) is 2.29. The molecule has 1 aliphatic rings. The quantitative estimate of drug-likeness (QED) is 0.804. The number of hydrogen-bond acceptors (Lipinski definition) is 7. The highest BCUT2D eigenvalue weighted by molar-refractivity contribution is 6.99. The van der Waals surface area contributed by atoms with Gasteiger partial charge in [-0.3, -0.25) is 9.69 Å². The lowest BCUT2D eigenvalue weighted by molar-refractivity contribution is 0.0383. The van der Waals surface area contributed by atoms with Crippen molar-refractivity contribution in [3.8, 4) is 5.75 Å². The minimum Gasteiger partial charge on any atom is -0.487 e. The summed E-state index contributed by atoms with van der Waals surface area (Å²) in [4.78, 5) is 14.6. The lowest BCUT2D eigenvalue weighted by Gasteiger charge is -2.26. The van der Waals surface area contributed by atoms with Gasteiger partial charge in [0.25, 0.3) is 5.91 Å². The SMILES string of the molecule is Cc1nsnc1COc1cccc(C(=O)NCCN2CCOCC2)c1. The van der Waals surface area contributed by atoms with Crippen molar-refractivity contribution in [1.29, 1.82) is 0 Å². The molecule has 1 fully saturated rings. The number of hydrogen-bond donors (Lipinski definition) is 1. The Kier molecular flexibility index (Phi) is 6.32. The zero-order chi connectivity index (χ0) is 17.5. The van der Waals surface area contributed by atoms with Crippen LogP contribution in [0.15, 0.2) is 24.3 Å². The number of nitrogens with one attached hydrogen (secondary N) is 1. The third kappa shape index (κ3) is 5.22. The van der Waals surface area contributed by atoms with E-state index in [1.54, 1.807) is 12.1 Å². The molecule has 0 unspecified atom stereocenters. The predicted molar refractivity (Wildman–Crippen MR) is 95.0 cm³/mol. The van der Waals surface area contributed by atoms with Crippen LogP contribution >= 0.6 is 11.7 Å². The van der Waals surface area contributed by atoms with Crippen LogP contribution in [-0.2, 0) is 11.3 Å². The number of rotatable bonds is 7. The van der Waals surface area contributed by atoms with Crippen molar-refractivity contribution in [2.75, 3.05) is 39.4 Å². The molecule has 7 nitrogen and oxygen atoms in total. The molecule has 8 heteroatoms. The minimum absolute atomic E-state index is 0.0924. The van der Waals surface area contributed by atoms with Gasteiger partial charge in [-0.05, 0) is 25.1 Å². The van der Waals surface area contributed by atoms with E-state index in [9.17, 15) is 4.79 Å². The van der Waals surface area contributed by atoms with Crippen molar-refractivity contribution in [2.24, 2.45) is 0 Å². The molecular weight excluding hydrogens is 340 g/mol. The molecule has 25 heavy (non-hydrogen) atoms. The van der Waals surface area contributed by atoms with Gasteiger partial charge in [-0.1, -0.05) is 6.07 Å². The summed E-state index contributed by atoms with van der Waals surface area (Å²) < 4.78 is 19.3. The summed E-state index contributed by atoms with van der Waals surface area (Å²) in [5.74, 6) is 0.554. The molecule has 0 radical (unpaired) electrons. The Bertz CT molecular complexity index is 701. The molecular formula is C17H22N4O3S. The summed E-state index contributed by atoms with van der Waals surface area (Å²) in [5, 5.41) is 2.95. The van der Waals surface area contributed by atoms with E-state index >= 15 is 0 Å². The Labute approximate surface area is 151 Å². The number of aryl methyl sites for hydroxylation is 1. The molecule has 1 saturated heterocycles. The maximum Gasteiger partial charge on any atom is 0.251 e. The molecule has 0 aliphatic carbocycles. The Balaban J connectivity index is 1.48. The normalized spacial score (nSPS) is 15.1. The van der Waals surface area contributed by atoms with Crippen LogP contribution in [0.25, 0.3) is 0 Å². The van der Waals surface area contributed by atoms with E-state index < -0.39 is 0 Å². The molecule has 134 valence electrons. The maximum atomic E-state index is 12.3. The number of carbonyl (C=O) groups is 1. The Morgan fingerprint density at radius 3 is 2.96 bits per heavy atom. The van der Waals surface area contributed by atoms with Crippen molar-refractivity contribution in [3.05, 3.63) is 41.2 Å². The summed E-state index contributed by atoms with van der Waals surface area (Å²) in [6.07, 6.45) is 0. The van der Waals surface area contributed by atoms with E-state index in [4.69, 9.17) is 9.47 Å². The lowest BCUT2D eigenvalue weighted by Crippen LogP contribution is -2.41. The molecule has 1 aliphatic heterocycles. The number of aromatic nitrogens is 2. The van der Waals surface area contributed by atoms with Gasteiger partial charge in [0.1, 0.15) is 18.1 Å². The van der Waals surface area contributed by atoms with E-state index in [1.807, 2.05) is 19.1 Å². The number of morpholine rings is 1. The lowest BCUT2D eigenvalue weighted by atomic mass is 10.2. The Morgan fingerprint density at radius 1 is 1.36 bits per heavy atom. The van der Waals surface area contributed by atoms with Crippen molar-refractivity contribution in [1.82, 2.24) is 19.0 Å². The molecule has 0 atom stereocenters. The highest BCUT2D eigenvalue weighted by atomic mass is 32.1. The first-order valence-electron chi connectivity index (χ1n) is 8.31. The smallest absolute Gasteiger partial charge is 0.251 e. The number of carbonyl (C=O) groups excluding carboxylic acids is 1. The van der Waals surface area contributed by atoms with Gasteiger partial charge in [0.15, 0.2) is 0 Å². The second-order valence-corrected chi connectivity index (χ2v) is 6.35. The fraction of sp³-hybridized carbons (Fsp3) is 0.471. The third-order valence-electron chi connectivity index (χ3n) is 4.04. The first kappa shape index (κ1) is 17.8. The summed E-state index contributed by atoms with van der Waals surface area (Å²) >= 11 is 1.17. The van der Waals surface area contributed by atoms with E-state index in [2.05, 4.69) is 19.0 Å². The summed E-state index contributed by atoms with van der Waals surface area (Å²) in [6, 6.07) is 7.18. The predicted octanol–water partition coefficient (Wildman–Crippen LogP) is 1.49. The topological polar surface area (TPSA) is 76.6 Å². The van der Waals surface area contributed by atoms with Gasteiger partial charge in [-0.2, -0.15) is 8.75 Å². The molecule has 0 bridgehead atoms. The highest BCUT2D eigenvalue weighted by Gasteiger charge is 2.11. The Hall–Kier alpha value is -2.03. The molecule has 1 aromatic carbocycles. The zero-order valence-corrected chi connectivity index (χ0v) is 15.1. The highest BCUT2D eigenvalue weighted by Crippen LogP contribution is 2.16. The first-order valence-corrected chi connectivity index (χ1v) is 9.04. The molecule has 0 spiro atoms. The monoisotopic (exact) mass is 362 g/mol. The number of nitrogens with zero attached hydrogens (tertiary/aromatic N) is 3. The maximum absolute atomic E-state index is 12.3. The van der Waals surface area contributed by atoms with Gasteiger partial charge < -0.3 is 14.8 Å². The van der Waals surface area contributed by atoms with Crippen LogP contribution in [-0.4, -0.2) is 58.9 Å². The standard InChI is InChI=1S/C17H22N4O3S/c1-13-16(20-25-19-13)12-24-15-4-2-3-14(11-15)17(22)18-5-6-21-7-9-23-10-8-21/h2-4,11H,5-10,12H2,1H3,(H,18,22).